The van der Waals surface area contributed by atoms with Crippen LogP contribution in [0.3, 0.4) is 0 Å². The van der Waals surface area contributed by atoms with Crippen LogP contribution in [0.25, 0.3) is 11.3 Å². The third-order valence-electron chi connectivity index (χ3n) is 3.45. The molecular formula is C15H18N2O4S. The second kappa shape index (κ2) is 6.51. The Morgan fingerprint density at radius 2 is 2.09 bits per heavy atom. The van der Waals surface area contributed by atoms with E-state index in [1.54, 1.807) is 0 Å². The number of hydrogen-bond donors (Lipinski definition) is 2. The quantitative estimate of drug-likeness (QED) is 0.868. The lowest BCUT2D eigenvalue weighted by Gasteiger charge is -2.19. The fourth-order valence-corrected chi connectivity index (χ4v) is 3.33. The maximum atomic E-state index is 11.8. The van der Waals surface area contributed by atoms with Crippen LogP contribution in [-0.4, -0.2) is 48.4 Å². The topological polar surface area (TPSA) is 74.8 Å². The SMILES string of the molecule is CN(CCO)Cc1sc(=O)[nH]c1-c1ccc2c(c1)OCCO2. The number of rotatable bonds is 5. The van der Waals surface area contributed by atoms with Gasteiger partial charge in [-0.05, 0) is 25.2 Å². The largest absolute Gasteiger partial charge is 0.486 e. The Balaban J connectivity index is 1.92. The molecule has 0 fully saturated rings. The molecule has 0 unspecified atom stereocenters. The third-order valence-corrected chi connectivity index (χ3v) is 4.31. The molecule has 118 valence electrons. The van der Waals surface area contributed by atoms with Gasteiger partial charge >= 0.3 is 4.87 Å². The van der Waals surface area contributed by atoms with Crippen molar-refractivity contribution in [2.75, 3.05) is 33.4 Å². The molecule has 0 amide bonds. The molecule has 6 nitrogen and oxygen atoms in total. The first-order chi connectivity index (χ1) is 10.7. The van der Waals surface area contributed by atoms with E-state index in [9.17, 15) is 4.79 Å². The lowest BCUT2D eigenvalue weighted by molar-refractivity contribution is 0.171. The summed E-state index contributed by atoms with van der Waals surface area (Å²) in [4.78, 5) is 17.5. The first kappa shape index (κ1) is 15.1. The van der Waals surface area contributed by atoms with E-state index in [1.165, 1.54) is 11.3 Å². The molecule has 2 heterocycles. The Morgan fingerprint density at radius 1 is 1.32 bits per heavy atom. The molecule has 1 aromatic carbocycles. The maximum Gasteiger partial charge on any atom is 0.305 e. The number of aliphatic hydroxyl groups excluding tert-OH is 1. The minimum atomic E-state index is -0.0858. The van der Waals surface area contributed by atoms with Gasteiger partial charge in [-0.1, -0.05) is 11.3 Å². The Bertz CT molecular complexity index is 710. The maximum absolute atomic E-state index is 11.8. The van der Waals surface area contributed by atoms with E-state index in [2.05, 4.69) is 4.98 Å². The fourth-order valence-electron chi connectivity index (χ4n) is 2.40. The van der Waals surface area contributed by atoms with Crippen molar-refractivity contribution in [3.05, 3.63) is 32.7 Å². The van der Waals surface area contributed by atoms with E-state index in [4.69, 9.17) is 14.6 Å². The smallest absolute Gasteiger partial charge is 0.305 e. The van der Waals surface area contributed by atoms with E-state index in [0.29, 0.717) is 32.1 Å². The predicted octanol–water partition coefficient (Wildman–Crippen LogP) is 1.30. The Morgan fingerprint density at radius 3 is 2.86 bits per heavy atom. The summed E-state index contributed by atoms with van der Waals surface area (Å²) in [6, 6.07) is 5.67. The molecule has 0 spiro atoms. The van der Waals surface area contributed by atoms with Crippen LogP contribution < -0.4 is 14.3 Å². The summed E-state index contributed by atoms with van der Waals surface area (Å²) in [5, 5.41) is 9.00. The highest BCUT2D eigenvalue weighted by Crippen LogP contribution is 2.35. The zero-order valence-corrected chi connectivity index (χ0v) is 13.1. The molecule has 2 aromatic rings. The highest BCUT2D eigenvalue weighted by Gasteiger charge is 2.16. The molecule has 1 aliphatic heterocycles. The number of aromatic nitrogens is 1. The number of nitrogens with zero attached hydrogens (tertiary/aromatic N) is 1. The lowest BCUT2D eigenvalue weighted by atomic mass is 10.1. The number of fused-ring (bicyclic) bond motifs is 1. The van der Waals surface area contributed by atoms with Gasteiger partial charge in [-0.3, -0.25) is 9.69 Å². The number of hydrogen-bond acceptors (Lipinski definition) is 6. The van der Waals surface area contributed by atoms with Gasteiger partial charge in [0.05, 0.1) is 12.3 Å². The summed E-state index contributed by atoms with van der Waals surface area (Å²) in [6.07, 6.45) is 0. The summed E-state index contributed by atoms with van der Waals surface area (Å²) >= 11 is 1.19. The minimum Gasteiger partial charge on any atom is -0.486 e. The van der Waals surface area contributed by atoms with Crippen LogP contribution in [0.2, 0.25) is 0 Å². The van der Waals surface area contributed by atoms with Crippen molar-refractivity contribution in [3.63, 3.8) is 0 Å². The molecule has 1 aromatic heterocycles. The van der Waals surface area contributed by atoms with E-state index >= 15 is 0 Å². The zero-order chi connectivity index (χ0) is 15.5. The zero-order valence-electron chi connectivity index (χ0n) is 12.3. The molecule has 3 rings (SSSR count). The second-order valence-corrected chi connectivity index (χ2v) is 6.20. The van der Waals surface area contributed by atoms with Gasteiger partial charge in [0.1, 0.15) is 13.2 Å². The Hall–Kier alpha value is -1.83. The van der Waals surface area contributed by atoms with E-state index in [-0.39, 0.29) is 11.5 Å². The van der Waals surface area contributed by atoms with Gasteiger partial charge in [0.2, 0.25) is 0 Å². The molecule has 0 bridgehead atoms. The molecule has 0 saturated heterocycles. The fraction of sp³-hybridized carbons (Fsp3) is 0.400. The molecule has 0 atom stereocenters. The van der Waals surface area contributed by atoms with E-state index < -0.39 is 0 Å². The predicted molar refractivity (Wildman–Crippen MR) is 84.8 cm³/mol. The molecular weight excluding hydrogens is 304 g/mol. The molecule has 0 radical (unpaired) electrons. The minimum absolute atomic E-state index is 0.0858. The molecule has 2 N–H and O–H groups in total. The molecule has 7 heteroatoms. The Labute approximate surface area is 131 Å². The van der Waals surface area contributed by atoms with Gasteiger partial charge in [-0.25, -0.2) is 0 Å². The number of likely N-dealkylation sites (N-methyl/N-ethyl adjacent to an activating group) is 1. The summed E-state index contributed by atoms with van der Waals surface area (Å²) < 4.78 is 11.1. The summed E-state index contributed by atoms with van der Waals surface area (Å²) in [5.41, 5.74) is 1.70. The average Bonchev–Trinajstić information content (AvgIpc) is 2.87. The van der Waals surface area contributed by atoms with Gasteiger partial charge in [-0.15, -0.1) is 0 Å². The summed E-state index contributed by atoms with van der Waals surface area (Å²) in [5.74, 6) is 1.43. The average molecular weight is 322 g/mol. The van der Waals surface area contributed by atoms with Gasteiger partial charge < -0.3 is 19.6 Å². The number of thiazole rings is 1. The van der Waals surface area contributed by atoms with Gasteiger partial charge in [-0.2, -0.15) is 0 Å². The number of nitrogens with one attached hydrogen (secondary N) is 1. The highest BCUT2D eigenvalue weighted by molar-refractivity contribution is 7.09. The van der Waals surface area contributed by atoms with Crippen molar-refractivity contribution in [3.8, 4) is 22.8 Å². The van der Waals surface area contributed by atoms with Crippen molar-refractivity contribution in [2.45, 2.75) is 6.54 Å². The summed E-state index contributed by atoms with van der Waals surface area (Å²) in [7, 11) is 1.91. The van der Waals surface area contributed by atoms with Crippen LogP contribution in [0.4, 0.5) is 0 Å². The normalized spacial score (nSPS) is 13.6. The standard InChI is InChI=1S/C15H18N2O4S/c1-17(4-5-18)9-13-14(16-15(19)22-13)10-2-3-11-12(8-10)21-7-6-20-11/h2-3,8,18H,4-7,9H2,1H3,(H,16,19). The highest BCUT2D eigenvalue weighted by atomic mass is 32.1. The van der Waals surface area contributed by atoms with Gasteiger partial charge in [0.15, 0.2) is 11.5 Å². The number of ether oxygens (including phenoxy) is 2. The molecule has 1 aliphatic rings. The first-order valence-corrected chi connectivity index (χ1v) is 7.90. The van der Waals surface area contributed by atoms with Crippen molar-refractivity contribution in [1.29, 1.82) is 0 Å². The van der Waals surface area contributed by atoms with Crippen LogP contribution >= 0.6 is 11.3 Å². The first-order valence-electron chi connectivity index (χ1n) is 7.09. The van der Waals surface area contributed by atoms with Crippen molar-refractivity contribution in [2.24, 2.45) is 0 Å². The number of aliphatic hydroxyl groups is 1. The van der Waals surface area contributed by atoms with Crippen LogP contribution in [-0.2, 0) is 6.54 Å². The molecule has 0 aliphatic carbocycles. The van der Waals surface area contributed by atoms with E-state index in [1.807, 2.05) is 30.1 Å². The molecule has 22 heavy (non-hydrogen) atoms. The van der Waals surface area contributed by atoms with Crippen molar-refractivity contribution in [1.82, 2.24) is 9.88 Å². The lowest BCUT2D eigenvalue weighted by Crippen LogP contribution is -2.21. The molecule has 0 saturated carbocycles. The van der Waals surface area contributed by atoms with Gasteiger partial charge in [0.25, 0.3) is 0 Å². The summed E-state index contributed by atoms with van der Waals surface area (Å²) in [6.45, 7) is 2.34. The van der Waals surface area contributed by atoms with Gasteiger partial charge in [0, 0.05) is 23.5 Å². The van der Waals surface area contributed by atoms with Crippen LogP contribution in [0.1, 0.15) is 4.88 Å². The number of benzene rings is 1. The van der Waals surface area contributed by atoms with Crippen LogP contribution in [0.5, 0.6) is 11.5 Å². The second-order valence-electron chi connectivity index (χ2n) is 5.13. The van der Waals surface area contributed by atoms with E-state index in [0.717, 1.165) is 21.9 Å². The van der Waals surface area contributed by atoms with Crippen LogP contribution in [0.15, 0.2) is 23.0 Å². The van der Waals surface area contributed by atoms with Crippen LogP contribution in [0, 0.1) is 0 Å². The number of aromatic amines is 1. The third kappa shape index (κ3) is 3.16. The Kier molecular flexibility index (Phi) is 4.47. The monoisotopic (exact) mass is 322 g/mol. The van der Waals surface area contributed by atoms with Crippen molar-refractivity contribution >= 4 is 11.3 Å². The number of H-pyrrole nitrogens is 1. The van der Waals surface area contributed by atoms with Crippen molar-refractivity contribution < 1.29 is 14.6 Å².